The summed E-state index contributed by atoms with van der Waals surface area (Å²) < 4.78 is 30.3. The first kappa shape index (κ1) is 22.3. The van der Waals surface area contributed by atoms with E-state index in [9.17, 15) is 13.0 Å². The first-order valence-electron chi connectivity index (χ1n) is 5.34. The zero-order valence-corrected chi connectivity index (χ0v) is 15.8. The molecule has 1 N–H and O–H groups in total. The van der Waals surface area contributed by atoms with Crippen molar-refractivity contribution < 1.29 is 42.5 Å². The van der Waals surface area contributed by atoms with Crippen molar-refractivity contribution in [3.63, 3.8) is 0 Å². The zero-order valence-electron chi connectivity index (χ0n) is 11.3. The minimum Gasteiger partial charge on any atom is -0.748 e. The van der Waals surface area contributed by atoms with Gasteiger partial charge in [-0.05, 0) is 18.6 Å². The summed E-state index contributed by atoms with van der Waals surface area (Å²) in [4.78, 5) is 7.07. The van der Waals surface area contributed by atoms with E-state index in [1.165, 1.54) is 4.70 Å². The third kappa shape index (κ3) is 11.8. The second-order valence-corrected chi connectivity index (χ2v) is 5.65. The molecule has 2 aromatic rings. The largest absolute Gasteiger partial charge is 1.00 e. The summed E-state index contributed by atoms with van der Waals surface area (Å²) in [5.74, 6) is -0.243. The van der Waals surface area contributed by atoms with E-state index in [-0.39, 0.29) is 35.3 Å². The fraction of sp³-hybridized carbons (Fsp3) is 0.273. The van der Waals surface area contributed by atoms with E-state index < -0.39 is 10.1 Å². The Labute approximate surface area is 152 Å². The maximum absolute atomic E-state index is 9.68. The third-order valence-corrected chi connectivity index (χ3v) is 2.69. The molecule has 5 nitrogen and oxygen atoms in total. The van der Waals surface area contributed by atoms with Crippen molar-refractivity contribution in [2.24, 2.45) is 0 Å². The monoisotopic (exact) mass is 342 g/mol. The van der Waals surface area contributed by atoms with Crippen molar-refractivity contribution in [2.45, 2.75) is 13.3 Å². The smallest absolute Gasteiger partial charge is 0.748 e. The second-order valence-electron chi connectivity index (χ2n) is 3.29. The number of hydrogen-bond donors (Lipinski definition) is 2. The van der Waals surface area contributed by atoms with Crippen LogP contribution in [0.25, 0.3) is 11.0 Å². The quantitative estimate of drug-likeness (QED) is 0.329. The van der Waals surface area contributed by atoms with Crippen molar-refractivity contribution in [1.29, 1.82) is 0 Å². The normalized spacial score (nSPS) is 9.35. The molecule has 0 saturated heterocycles. The predicted octanol–water partition coefficient (Wildman–Crippen LogP) is -0.618. The third-order valence-electron chi connectivity index (χ3n) is 1.78. The molecule has 0 aliphatic rings. The molecule has 0 atom stereocenters. The van der Waals surface area contributed by atoms with Crippen LogP contribution < -0.4 is 29.6 Å². The van der Waals surface area contributed by atoms with E-state index in [0.29, 0.717) is 6.42 Å². The van der Waals surface area contributed by atoms with Crippen LogP contribution in [0.3, 0.4) is 0 Å². The van der Waals surface area contributed by atoms with Crippen LogP contribution in [0.15, 0.2) is 30.6 Å². The van der Waals surface area contributed by atoms with Gasteiger partial charge in [0.05, 0.1) is 27.5 Å². The Bertz CT molecular complexity index is 557. The summed E-state index contributed by atoms with van der Waals surface area (Å²) in [5, 5.41) is 0. The van der Waals surface area contributed by atoms with Gasteiger partial charge in [0.15, 0.2) is 0 Å². The molecular formula is C11H15N2NaO3S3. The van der Waals surface area contributed by atoms with Crippen molar-refractivity contribution >= 4 is 50.7 Å². The van der Waals surface area contributed by atoms with Gasteiger partial charge in [-0.1, -0.05) is 31.3 Å². The van der Waals surface area contributed by atoms with Crippen molar-refractivity contribution in [2.75, 3.05) is 5.75 Å². The van der Waals surface area contributed by atoms with Gasteiger partial charge < -0.3 is 9.54 Å². The minimum absolute atomic E-state index is 0. The number of rotatable bonds is 2. The Hall–Kier alpha value is 0.0400. The molecule has 0 saturated carbocycles. The van der Waals surface area contributed by atoms with Crippen LogP contribution in [0, 0.1) is 0 Å². The molecule has 0 fully saturated rings. The number of aromatic nitrogens is 2. The Balaban J connectivity index is 0. The molecule has 1 aromatic heterocycles. The van der Waals surface area contributed by atoms with Gasteiger partial charge in [0.25, 0.3) is 0 Å². The topological polar surface area (TPSA) is 85.9 Å². The van der Waals surface area contributed by atoms with Gasteiger partial charge in [-0.3, -0.25) is 0 Å². The van der Waals surface area contributed by atoms with E-state index >= 15 is 0 Å². The maximum Gasteiger partial charge on any atom is 1.00 e. The predicted molar refractivity (Wildman–Crippen MR) is 83.6 cm³/mol. The number of fused-ring (bicyclic) bond motifs is 1. The number of benzene rings is 1. The first-order chi connectivity index (χ1) is 8.94. The molecule has 0 unspecified atom stereocenters. The average Bonchev–Trinajstić information content (AvgIpc) is 2.77. The van der Waals surface area contributed by atoms with Gasteiger partial charge in [0.2, 0.25) is 0 Å². The fourth-order valence-corrected chi connectivity index (χ4v) is 1.63. The first-order valence-corrected chi connectivity index (χ1v) is 7.90. The Morgan fingerprint density at radius 1 is 1.45 bits per heavy atom. The summed E-state index contributed by atoms with van der Waals surface area (Å²) in [6.07, 6.45) is 2.11. The van der Waals surface area contributed by atoms with Crippen LogP contribution in [0.4, 0.5) is 0 Å². The minimum atomic E-state index is -3.92. The Morgan fingerprint density at radius 3 is 2.40 bits per heavy atom. The molecule has 1 aromatic carbocycles. The van der Waals surface area contributed by atoms with E-state index in [4.69, 9.17) is 0 Å². The maximum atomic E-state index is 9.68. The van der Waals surface area contributed by atoms with E-state index in [1.807, 2.05) is 24.3 Å². The van der Waals surface area contributed by atoms with Crippen molar-refractivity contribution in [3.05, 3.63) is 30.6 Å². The van der Waals surface area contributed by atoms with Gasteiger partial charge >= 0.3 is 29.6 Å². The fourth-order valence-electron chi connectivity index (χ4n) is 1.13. The van der Waals surface area contributed by atoms with E-state index in [2.05, 4.69) is 34.8 Å². The van der Waals surface area contributed by atoms with Gasteiger partial charge in [0.1, 0.15) is 0 Å². The number of aromatic amines is 1. The van der Waals surface area contributed by atoms with E-state index in [0.717, 1.165) is 11.0 Å². The van der Waals surface area contributed by atoms with Gasteiger partial charge in [-0.2, -0.15) is 0 Å². The SMILES string of the molecule is CCCS(=O)(=O)[O-].S=CS.[Na+].c1ccc2[nH]cnc2c1. The molecule has 20 heavy (non-hydrogen) atoms. The number of nitrogens with one attached hydrogen (secondary N) is 1. The summed E-state index contributed by atoms with van der Waals surface area (Å²) in [7, 11) is -3.92. The average molecular weight is 342 g/mol. The van der Waals surface area contributed by atoms with Crippen LogP contribution in [0.1, 0.15) is 13.3 Å². The van der Waals surface area contributed by atoms with Crippen molar-refractivity contribution in [3.8, 4) is 0 Å². The molecular weight excluding hydrogens is 327 g/mol. The second kappa shape index (κ2) is 12.8. The molecule has 1 heterocycles. The summed E-state index contributed by atoms with van der Waals surface area (Å²) in [6, 6.07) is 7.94. The molecule has 0 bridgehead atoms. The van der Waals surface area contributed by atoms with Gasteiger partial charge in [0, 0.05) is 10.5 Å². The Kier molecular flexibility index (Phi) is 14.2. The molecule has 0 aliphatic heterocycles. The molecule has 9 heteroatoms. The summed E-state index contributed by atoms with van der Waals surface area (Å²) >= 11 is 7.61. The molecule has 0 aliphatic carbocycles. The van der Waals surface area contributed by atoms with Crippen LogP contribution >= 0.6 is 24.8 Å². The molecule has 106 valence electrons. The number of para-hydroxylation sites is 2. The summed E-state index contributed by atoms with van der Waals surface area (Å²) in [5.41, 5.74) is 2.12. The molecule has 0 amide bonds. The number of thiocarbonyl (C=S) groups is 1. The molecule has 2 rings (SSSR count). The van der Waals surface area contributed by atoms with Crippen LogP contribution in [0.2, 0.25) is 0 Å². The molecule has 0 radical (unpaired) electrons. The number of imidazole rings is 1. The van der Waals surface area contributed by atoms with Crippen LogP contribution in [0.5, 0.6) is 0 Å². The van der Waals surface area contributed by atoms with Gasteiger partial charge in [-0.15, -0.1) is 12.6 Å². The van der Waals surface area contributed by atoms with Crippen LogP contribution in [-0.2, 0) is 10.1 Å². The number of hydrogen-bond acceptors (Lipinski definition) is 5. The van der Waals surface area contributed by atoms with Gasteiger partial charge in [-0.25, -0.2) is 13.4 Å². The molecule has 0 spiro atoms. The van der Waals surface area contributed by atoms with Crippen molar-refractivity contribution in [1.82, 2.24) is 9.97 Å². The van der Waals surface area contributed by atoms with Crippen LogP contribution in [-0.4, -0.2) is 33.4 Å². The zero-order chi connectivity index (χ0) is 14.7. The number of H-pyrrole nitrogens is 1. The number of nitrogens with zero attached hydrogens (tertiary/aromatic N) is 1. The Morgan fingerprint density at radius 2 is 2.00 bits per heavy atom. The number of thiol groups is 1. The standard InChI is InChI=1S/C7H6N2.C3H8O3S.CH2S2.Na/c1-2-4-7-6(3-1)8-5-9-7;1-2-3-7(4,5)6;2-1-3;/h1-5H,(H,8,9);2-3H2,1H3,(H,4,5,6);1H,(H,2,3);/q;;;+1/p-1. The van der Waals surface area contributed by atoms with E-state index in [1.54, 1.807) is 13.3 Å². The summed E-state index contributed by atoms with van der Waals surface area (Å²) in [6.45, 7) is 1.65.